The number of aliphatic hydroxyl groups is 1. The Bertz CT molecular complexity index is 503. The monoisotopic (exact) mass is 385 g/mol. The van der Waals surface area contributed by atoms with Crippen LogP contribution in [0, 0.1) is 0 Å². The molecular weight excluding hydrogens is 357 g/mol. The molecule has 24 heavy (non-hydrogen) atoms. The minimum atomic E-state index is -4.69. The lowest BCUT2D eigenvalue weighted by Gasteiger charge is -2.40. The Hall–Kier alpha value is -0.323. The van der Waals surface area contributed by atoms with Crippen LogP contribution >= 0.6 is 7.82 Å². The van der Waals surface area contributed by atoms with Crippen LogP contribution in [0.2, 0.25) is 18.1 Å². The van der Waals surface area contributed by atoms with Crippen LogP contribution < -0.4 is 5.32 Å². The second-order valence-corrected chi connectivity index (χ2v) is 13.4. The van der Waals surface area contributed by atoms with Gasteiger partial charge in [0.15, 0.2) is 14.6 Å². The van der Waals surface area contributed by atoms with E-state index < -0.39 is 47.3 Å². The number of phosphoric acid groups is 1. The lowest BCUT2D eigenvalue weighted by Crippen LogP contribution is -2.54. The fourth-order valence-corrected chi connectivity index (χ4v) is 3.74. The van der Waals surface area contributed by atoms with Crippen molar-refractivity contribution in [3.05, 3.63) is 0 Å². The predicted molar refractivity (Wildman–Crippen MR) is 88.6 cm³/mol. The highest BCUT2D eigenvalue weighted by atomic mass is 31.2. The first-order valence-corrected chi connectivity index (χ1v) is 12.1. The fourth-order valence-electron chi connectivity index (χ4n) is 2.10. The van der Waals surface area contributed by atoms with Crippen LogP contribution in [0.5, 0.6) is 0 Å². The third kappa shape index (κ3) is 5.89. The van der Waals surface area contributed by atoms with Gasteiger partial charge in [-0.1, -0.05) is 20.8 Å². The summed E-state index contributed by atoms with van der Waals surface area (Å²) >= 11 is 0. The number of aliphatic hydroxyl groups excluding tert-OH is 1. The molecule has 0 aliphatic carbocycles. The zero-order valence-corrected chi connectivity index (χ0v) is 16.7. The molecule has 0 saturated carbocycles. The van der Waals surface area contributed by atoms with Crippen LogP contribution in [0.4, 0.5) is 0 Å². The Morgan fingerprint density at radius 2 is 1.88 bits per heavy atom. The van der Waals surface area contributed by atoms with Crippen LogP contribution in [0.15, 0.2) is 0 Å². The van der Waals surface area contributed by atoms with Crippen molar-refractivity contribution in [2.24, 2.45) is 0 Å². The summed E-state index contributed by atoms with van der Waals surface area (Å²) in [5.74, 6) is -0.372. The summed E-state index contributed by atoms with van der Waals surface area (Å²) in [4.78, 5) is 29.1. The van der Waals surface area contributed by atoms with E-state index in [0.29, 0.717) is 0 Å². The van der Waals surface area contributed by atoms with E-state index in [-0.39, 0.29) is 10.9 Å². The molecule has 1 fully saturated rings. The summed E-state index contributed by atoms with van der Waals surface area (Å²) in [6.07, 6.45) is -3.12. The maximum Gasteiger partial charge on any atom is 0.469 e. The lowest BCUT2D eigenvalue weighted by atomic mass is 10.1. The molecule has 142 valence electrons. The first kappa shape index (κ1) is 21.7. The standard InChI is InChI=1S/C13H28NO8PSi/c1-8(15)14-10-9(7-20-23(17,18)19)21-12(16)11(10)22-24(5,6)13(2,3)4/h9-12,16H,7H2,1-6H3,(H,14,15)(H2,17,18,19)/t9-,10-,11-,12-/m1/s1. The molecule has 9 nitrogen and oxygen atoms in total. The van der Waals surface area contributed by atoms with Gasteiger partial charge in [-0.2, -0.15) is 0 Å². The van der Waals surface area contributed by atoms with E-state index in [0.717, 1.165) is 0 Å². The van der Waals surface area contributed by atoms with Gasteiger partial charge in [0, 0.05) is 6.92 Å². The van der Waals surface area contributed by atoms with Crippen LogP contribution in [0.1, 0.15) is 27.7 Å². The minimum absolute atomic E-state index is 0.131. The van der Waals surface area contributed by atoms with Gasteiger partial charge in [-0.05, 0) is 18.1 Å². The smallest absolute Gasteiger partial charge is 0.407 e. The van der Waals surface area contributed by atoms with Gasteiger partial charge < -0.3 is 29.4 Å². The van der Waals surface area contributed by atoms with Crippen molar-refractivity contribution in [3.63, 3.8) is 0 Å². The van der Waals surface area contributed by atoms with Crippen molar-refractivity contribution in [2.75, 3.05) is 6.61 Å². The van der Waals surface area contributed by atoms with E-state index in [1.54, 1.807) is 0 Å². The predicted octanol–water partition coefficient (Wildman–Crippen LogP) is 0.708. The largest absolute Gasteiger partial charge is 0.469 e. The average molecular weight is 385 g/mol. The Labute approximate surface area is 143 Å². The van der Waals surface area contributed by atoms with Crippen LogP contribution in [-0.4, -0.2) is 60.3 Å². The number of hydrogen-bond acceptors (Lipinski definition) is 6. The van der Waals surface area contributed by atoms with Crippen LogP contribution in [0.3, 0.4) is 0 Å². The molecule has 0 aromatic heterocycles. The maximum atomic E-state index is 11.5. The molecule has 4 atom stereocenters. The maximum absolute atomic E-state index is 11.5. The number of ether oxygens (including phenoxy) is 1. The highest BCUT2D eigenvalue weighted by Gasteiger charge is 2.50. The quantitative estimate of drug-likeness (QED) is 0.388. The second kappa shape index (κ2) is 7.51. The molecule has 0 radical (unpaired) electrons. The third-order valence-electron chi connectivity index (χ3n) is 4.36. The SMILES string of the molecule is CC(=O)N[C@H]1[C@@H](O[Si](C)(C)C(C)(C)C)[C@H](O)O[C@@H]1COP(=O)(O)O. The van der Waals surface area contributed by atoms with Crippen molar-refractivity contribution >= 4 is 22.0 Å². The van der Waals surface area contributed by atoms with E-state index in [4.69, 9.17) is 18.9 Å². The fraction of sp³-hybridized carbons (Fsp3) is 0.923. The topological polar surface area (TPSA) is 135 Å². The van der Waals surface area contributed by atoms with Gasteiger partial charge in [0.25, 0.3) is 0 Å². The number of nitrogens with one attached hydrogen (secondary N) is 1. The lowest BCUT2D eigenvalue weighted by molar-refractivity contribution is -0.129. The molecule has 1 heterocycles. The molecule has 0 aromatic carbocycles. The van der Waals surface area contributed by atoms with Crippen molar-refractivity contribution in [2.45, 2.75) is 70.4 Å². The number of amides is 1. The summed E-state index contributed by atoms with van der Waals surface area (Å²) in [5, 5.41) is 12.7. The van der Waals surface area contributed by atoms with Gasteiger partial charge in [0.05, 0.1) is 12.6 Å². The highest BCUT2D eigenvalue weighted by molar-refractivity contribution is 7.46. The summed E-state index contributed by atoms with van der Waals surface area (Å²) in [6, 6.07) is -0.779. The van der Waals surface area contributed by atoms with Crippen molar-refractivity contribution in [1.29, 1.82) is 0 Å². The molecule has 1 amide bonds. The summed E-state index contributed by atoms with van der Waals surface area (Å²) in [7, 11) is -6.97. The van der Waals surface area contributed by atoms with Gasteiger partial charge in [0.2, 0.25) is 5.91 Å². The second-order valence-electron chi connectivity index (χ2n) is 7.42. The molecule has 1 saturated heterocycles. The third-order valence-corrected chi connectivity index (χ3v) is 9.32. The number of phosphoric ester groups is 1. The summed E-state index contributed by atoms with van der Waals surface area (Å²) < 4.78 is 26.8. The van der Waals surface area contributed by atoms with Crippen molar-refractivity contribution in [3.8, 4) is 0 Å². The molecule has 1 aliphatic heterocycles. The molecular formula is C13H28NO8PSi. The first-order valence-electron chi connectivity index (χ1n) is 7.62. The minimum Gasteiger partial charge on any atom is -0.407 e. The van der Waals surface area contributed by atoms with Gasteiger partial charge in [-0.25, -0.2) is 4.57 Å². The van der Waals surface area contributed by atoms with Gasteiger partial charge in [0.1, 0.15) is 12.2 Å². The molecule has 11 heteroatoms. The first-order chi connectivity index (χ1) is 10.6. The normalized spacial score (nSPS) is 28.9. The molecule has 1 rings (SSSR count). The van der Waals surface area contributed by atoms with E-state index in [1.165, 1.54) is 6.92 Å². The average Bonchev–Trinajstić information content (AvgIpc) is 2.61. The van der Waals surface area contributed by atoms with Gasteiger partial charge >= 0.3 is 7.82 Å². The zero-order chi connectivity index (χ0) is 18.9. The van der Waals surface area contributed by atoms with Crippen LogP contribution in [0.25, 0.3) is 0 Å². The Kier molecular flexibility index (Phi) is 6.79. The number of hydrogen-bond donors (Lipinski definition) is 4. The Morgan fingerprint density at radius 3 is 2.29 bits per heavy atom. The van der Waals surface area contributed by atoms with Crippen LogP contribution in [-0.2, 0) is 23.0 Å². The molecule has 1 aliphatic rings. The number of carbonyl (C=O) groups excluding carboxylic acids is 1. The Balaban J connectivity index is 2.96. The number of carbonyl (C=O) groups is 1. The van der Waals surface area contributed by atoms with E-state index in [9.17, 15) is 14.5 Å². The Morgan fingerprint density at radius 1 is 1.33 bits per heavy atom. The van der Waals surface area contributed by atoms with Crippen molar-refractivity contribution < 1.29 is 37.9 Å². The van der Waals surface area contributed by atoms with Gasteiger partial charge in [-0.3, -0.25) is 9.32 Å². The number of rotatable bonds is 6. The summed E-state index contributed by atoms with van der Waals surface area (Å²) in [6.45, 7) is 10.9. The van der Waals surface area contributed by atoms with Gasteiger partial charge in [-0.15, -0.1) is 0 Å². The van der Waals surface area contributed by atoms with E-state index in [1.807, 2.05) is 33.9 Å². The van der Waals surface area contributed by atoms with E-state index >= 15 is 0 Å². The molecule has 0 unspecified atom stereocenters. The van der Waals surface area contributed by atoms with Crippen molar-refractivity contribution in [1.82, 2.24) is 5.32 Å². The molecule has 4 N–H and O–H groups in total. The molecule has 0 bridgehead atoms. The highest BCUT2D eigenvalue weighted by Crippen LogP contribution is 2.41. The summed E-state index contributed by atoms with van der Waals surface area (Å²) in [5.41, 5.74) is 0. The zero-order valence-electron chi connectivity index (χ0n) is 14.8. The molecule has 0 spiro atoms. The van der Waals surface area contributed by atoms with E-state index in [2.05, 4.69) is 9.84 Å². The molecule has 0 aromatic rings.